The highest BCUT2D eigenvalue weighted by Crippen LogP contribution is 2.24. The summed E-state index contributed by atoms with van der Waals surface area (Å²) in [6, 6.07) is 18.6. The van der Waals surface area contributed by atoms with Crippen LogP contribution in [0.5, 0.6) is 0 Å². The van der Waals surface area contributed by atoms with Gasteiger partial charge in [0, 0.05) is 37.1 Å². The van der Waals surface area contributed by atoms with Crippen molar-refractivity contribution < 1.29 is 0 Å². The van der Waals surface area contributed by atoms with Crippen molar-refractivity contribution in [2.24, 2.45) is 0 Å². The van der Waals surface area contributed by atoms with Gasteiger partial charge in [0.25, 0.3) is 0 Å². The summed E-state index contributed by atoms with van der Waals surface area (Å²) in [5.41, 5.74) is 5.28. The van der Waals surface area contributed by atoms with Crippen LogP contribution in [-0.2, 0) is 13.0 Å². The maximum Gasteiger partial charge on any atom is 0.204 e. The number of nitrogens with one attached hydrogen (secondary N) is 1. The Morgan fingerprint density at radius 1 is 0.848 bits per heavy atom. The summed E-state index contributed by atoms with van der Waals surface area (Å²) >= 11 is 0. The summed E-state index contributed by atoms with van der Waals surface area (Å²) in [7, 11) is 0. The van der Waals surface area contributed by atoms with Crippen LogP contribution >= 0.6 is 0 Å². The van der Waals surface area contributed by atoms with E-state index in [1.54, 1.807) is 12.4 Å². The molecule has 0 aliphatic carbocycles. The first-order chi connectivity index (χ1) is 16.3. The van der Waals surface area contributed by atoms with Crippen LogP contribution in [0.4, 0.5) is 0 Å². The van der Waals surface area contributed by atoms with Crippen molar-refractivity contribution in [3.63, 3.8) is 0 Å². The van der Waals surface area contributed by atoms with Crippen LogP contribution in [0.25, 0.3) is 34.0 Å². The number of hydrogen-bond donors (Lipinski definition) is 1. The van der Waals surface area contributed by atoms with Gasteiger partial charge >= 0.3 is 0 Å². The van der Waals surface area contributed by atoms with Crippen LogP contribution in [-0.4, -0.2) is 40.1 Å². The summed E-state index contributed by atoms with van der Waals surface area (Å²) in [5, 5.41) is 14.1. The highest BCUT2D eigenvalue weighted by Gasteiger charge is 2.12. The maximum atomic E-state index is 4.83. The Bertz CT molecular complexity index is 1290. The van der Waals surface area contributed by atoms with Gasteiger partial charge < -0.3 is 4.57 Å². The first-order valence-corrected chi connectivity index (χ1v) is 11.1. The minimum Gasteiger partial charge on any atom is -0.330 e. The average molecular weight is 437 g/mol. The summed E-state index contributed by atoms with van der Waals surface area (Å²) in [5.74, 6) is 2.32. The predicted octanol–water partition coefficient (Wildman–Crippen LogP) is 4.58. The molecule has 0 saturated carbocycles. The van der Waals surface area contributed by atoms with Crippen molar-refractivity contribution in [1.82, 2.24) is 40.1 Å². The number of tetrazole rings is 1. The fraction of sp³-hybridized carbons (Fsp3) is 0.200. The number of unbranched alkanes of at least 4 members (excludes halogenated alkanes) is 1. The first-order valence-electron chi connectivity index (χ1n) is 11.1. The molecule has 3 aromatic heterocycles. The molecule has 8 heteroatoms. The molecule has 0 bridgehead atoms. The molecule has 0 atom stereocenters. The second-order valence-electron chi connectivity index (χ2n) is 7.86. The molecule has 0 fully saturated rings. The number of aromatic amines is 1. The maximum absolute atomic E-state index is 4.83. The van der Waals surface area contributed by atoms with Crippen LogP contribution < -0.4 is 0 Å². The predicted molar refractivity (Wildman–Crippen MR) is 126 cm³/mol. The number of H-pyrrole nitrogens is 1. The molecule has 5 aromatic rings. The van der Waals surface area contributed by atoms with E-state index in [0.717, 1.165) is 54.0 Å². The number of benzene rings is 2. The Morgan fingerprint density at radius 3 is 2.21 bits per heavy atom. The molecule has 1 N–H and O–H groups in total. The standard InChI is InChI=1S/C25H24N8/c1-2-3-5-23-28-22(25-26-14-4-15-27-25)17-33(23)16-18-6-8-19(9-7-18)20-10-12-21(13-11-20)24-29-31-32-30-24/h4,6-15,17H,2-3,5,16H2,1H3,(H,29,30,31,32). The van der Waals surface area contributed by atoms with Gasteiger partial charge in [0.1, 0.15) is 11.5 Å². The van der Waals surface area contributed by atoms with Gasteiger partial charge in [-0.2, -0.15) is 5.21 Å². The summed E-state index contributed by atoms with van der Waals surface area (Å²) in [4.78, 5) is 13.5. The van der Waals surface area contributed by atoms with Crippen molar-refractivity contribution in [2.75, 3.05) is 0 Å². The van der Waals surface area contributed by atoms with Gasteiger partial charge in [-0.3, -0.25) is 0 Å². The van der Waals surface area contributed by atoms with Crippen molar-refractivity contribution >= 4 is 0 Å². The summed E-state index contributed by atoms with van der Waals surface area (Å²) < 4.78 is 2.22. The van der Waals surface area contributed by atoms with E-state index in [4.69, 9.17) is 4.98 Å². The number of nitrogens with zero attached hydrogens (tertiary/aromatic N) is 7. The molecular weight excluding hydrogens is 412 g/mol. The minimum atomic E-state index is 0.594. The fourth-order valence-electron chi connectivity index (χ4n) is 3.76. The molecule has 5 rings (SSSR count). The molecule has 0 saturated heterocycles. The van der Waals surface area contributed by atoms with Gasteiger partial charge in [0.15, 0.2) is 5.82 Å². The van der Waals surface area contributed by atoms with Crippen LogP contribution in [0.3, 0.4) is 0 Å². The highest BCUT2D eigenvalue weighted by atomic mass is 15.5. The van der Waals surface area contributed by atoms with E-state index < -0.39 is 0 Å². The van der Waals surface area contributed by atoms with Gasteiger partial charge in [-0.15, -0.1) is 10.2 Å². The number of aromatic nitrogens is 8. The molecule has 0 unspecified atom stereocenters. The van der Waals surface area contributed by atoms with Crippen LogP contribution in [0.2, 0.25) is 0 Å². The Labute approximate surface area is 191 Å². The highest BCUT2D eigenvalue weighted by molar-refractivity contribution is 5.67. The number of rotatable bonds is 8. The summed E-state index contributed by atoms with van der Waals surface area (Å²) in [6.45, 7) is 2.96. The van der Waals surface area contributed by atoms with Gasteiger partial charge in [-0.05, 0) is 34.4 Å². The molecule has 0 aliphatic rings. The van der Waals surface area contributed by atoms with E-state index in [-0.39, 0.29) is 0 Å². The molecule has 0 amide bonds. The Morgan fingerprint density at radius 2 is 1.55 bits per heavy atom. The largest absolute Gasteiger partial charge is 0.330 e. The van der Waals surface area contributed by atoms with Crippen LogP contribution in [0.1, 0.15) is 31.2 Å². The fourth-order valence-corrected chi connectivity index (χ4v) is 3.76. The van der Waals surface area contributed by atoms with E-state index in [2.05, 4.69) is 84.7 Å². The lowest BCUT2D eigenvalue weighted by Gasteiger charge is -2.09. The van der Waals surface area contributed by atoms with E-state index in [0.29, 0.717) is 11.6 Å². The van der Waals surface area contributed by atoms with Gasteiger partial charge in [0.05, 0.1) is 0 Å². The van der Waals surface area contributed by atoms with Gasteiger partial charge in [0.2, 0.25) is 5.82 Å². The van der Waals surface area contributed by atoms with Crippen molar-refractivity contribution in [1.29, 1.82) is 0 Å². The number of imidazole rings is 1. The van der Waals surface area contributed by atoms with Crippen molar-refractivity contribution in [3.05, 3.63) is 84.6 Å². The smallest absolute Gasteiger partial charge is 0.204 e. The normalized spacial score (nSPS) is 11.1. The zero-order valence-electron chi connectivity index (χ0n) is 18.4. The molecule has 164 valence electrons. The SMILES string of the molecule is CCCCc1nc(-c2ncccn2)cn1Cc1ccc(-c2ccc(-c3nn[nH]n3)cc2)cc1. The van der Waals surface area contributed by atoms with E-state index in [1.165, 1.54) is 5.56 Å². The second-order valence-corrected chi connectivity index (χ2v) is 7.86. The van der Waals surface area contributed by atoms with Crippen molar-refractivity contribution in [3.8, 4) is 34.0 Å². The van der Waals surface area contributed by atoms with E-state index in [1.807, 2.05) is 18.2 Å². The molecule has 0 radical (unpaired) electrons. The molecule has 0 aliphatic heterocycles. The van der Waals surface area contributed by atoms with Crippen molar-refractivity contribution in [2.45, 2.75) is 32.7 Å². The van der Waals surface area contributed by atoms with Crippen LogP contribution in [0.15, 0.2) is 73.2 Å². The zero-order valence-corrected chi connectivity index (χ0v) is 18.4. The zero-order chi connectivity index (χ0) is 22.5. The lowest BCUT2D eigenvalue weighted by Crippen LogP contribution is -2.04. The molecule has 2 aromatic carbocycles. The summed E-state index contributed by atoms with van der Waals surface area (Å²) in [6.07, 6.45) is 8.73. The molecule has 33 heavy (non-hydrogen) atoms. The third-order valence-corrected chi connectivity index (χ3v) is 5.54. The molecular formula is C25H24N8. The van der Waals surface area contributed by atoms with Crippen LogP contribution in [0, 0.1) is 0 Å². The molecule has 0 spiro atoms. The van der Waals surface area contributed by atoms with E-state index >= 15 is 0 Å². The topological polar surface area (TPSA) is 98.1 Å². The third kappa shape index (κ3) is 4.69. The first kappa shape index (κ1) is 20.7. The quantitative estimate of drug-likeness (QED) is 0.382. The van der Waals surface area contributed by atoms with Gasteiger partial charge in [-0.25, -0.2) is 15.0 Å². The Hall–Kier alpha value is -4.20. The Balaban J connectivity index is 1.35. The second kappa shape index (κ2) is 9.52. The number of hydrogen-bond acceptors (Lipinski definition) is 6. The third-order valence-electron chi connectivity index (χ3n) is 5.54. The average Bonchev–Trinajstić information content (AvgIpc) is 3.55. The number of aryl methyl sites for hydroxylation is 1. The lowest BCUT2D eigenvalue weighted by molar-refractivity contribution is 0.678. The molecule has 3 heterocycles. The Kier molecular flexibility index (Phi) is 5.97. The monoisotopic (exact) mass is 436 g/mol. The molecule has 8 nitrogen and oxygen atoms in total. The van der Waals surface area contributed by atoms with Gasteiger partial charge in [-0.1, -0.05) is 61.9 Å². The lowest BCUT2D eigenvalue weighted by atomic mass is 10.0. The van der Waals surface area contributed by atoms with E-state index in [9.17, 15) is 0 Å². The minimum absolute atomic E-state index is 0.594.